The van der Waals surface area contributed by atoms with E-state index in [0.717, 1.165) is 18.6 Å². The molecule has 2 aromatic rings. The Hall–Kier alpha value is -2.58. The van der Waals surface area contributed by atoms with Crippen molar-refractivity contribution in [2.24, 2.45) is 4.99 Å². The van der Waals surface area contributed by atoms with Crippen LogP contribution in [-0.2, 0) is 0 Å². The minimum atomic E-state index is -0.479. The highest BCUT2D eigenvalue weighted by molar-refractivity contribution is 6.73. The number of hydrogen-bond acceptors (Lipinski definition) is 1. The lowest BCUT2D eigenvalue weighted by Gasteiger charge is -2.13. The van der Waals surface area contributed by atoms with E-state index in [1.54, 1.807) is 5.17 Å². The molecule has 0 N–H and O–H groups in total. The maximum Gasteiger partial charge on any atom is 0.0791 e. The van der Waals surface area contributed by atoms with Crippen LogP contribution < -0.4 is 0 Å². The third-order valence-electron chi connectivity index (χ3n) is 5.50. The summed E-state index contributed by atoms with van der Waals surface area (Å²) in [5.41, 5.74) is 7.84. The summed E-state index contributed by atoms with van der Waals surface area (Å²) in [5.74, 6) is 0. The van der Waals surface area contributed by atoms with Crippen LogP contribution in [0.2, 0.25) is 13.1 Å². The van der Waals surface area contributed by atoms with Crippen LogP contribution in [0.5, 0.6) is 0 Å². The summed E-state index contributed by atoms with van der Waals surface area (Å²) in [7, 11) is -0.479. The Morgan fingerprint density at radius 3 is 2.54 bits per heavy atom. The van der Waals surface area contributed by atoms with Gasteiger partial charge in [-0.25, -0.2) is 4.99 Å². The molecule has 1 heterocycles. The minimum absolute atomic E-state index is 0.479. The molecule has 0 saturated carbocycles. The Balaban J connectivity index is 1.73. The van der Waals surface area contributed by atoms with E-state index in [-0.39, 0.29) is 0 Å². The Morgan fingerprint density at radius 2 is 1.77 bits per heavy atom. The van der Waals surface area contributed by atoms with Crippen LogP contribution in [0.1, 0.15) is 18.4 Å². The highest BCUT2D eigenvalue weighted by Gasteiger charge is 2.32. The summed E-state index contributed by atoms with van der Waals surface area (Å²) in [4.78, 5) is 5.12. The second kappa shape index (κ2) is 5.99. The zero-order valence-corrected chi connectivity index (χ0v) is 16.2. The van der Waals surface area contributed by atoms with Crippen molar-refractivity contribution in [3.63, 3.8) is 0 Å². The molecule has 5 rings (SSSR count). The number of rotatable bonds is 2. The van der Waals surface area contributed by atoms with Crippen LogP contribution in [0.4, 0.5) is 0 Å². The van der Waals surface area contributed by atoms with E-state index in [2.05, 4.69) is 79.9 Å². The predicted octanol–water partition coefficient (Wildman–Crippen LogP) is 5.62. The van der Waals surface area contributed by atoms with Crippen molar-refractivity contribution in [2.75, 3.05) is 0 Å². The van der Waals surface area contributed by atoms with Crippen LogP contribution in [0.15, 0.2) is 94.2 Å². The number of benzene rings is 2. The van der Waals surface area contributed by atoms with Gasteiger partial charge in [0.05, 0.1) is 11.4 Å². The molecule has 1 aliphatic heterocycles. The fourth-order valence-electron chi connectivity index (χ4n) is 4.18. The van der Waals surface area contributed by atoms with Crippen molar-refractivity contribution in [1.29, 1.82) is 0 Å². The molecule has 0 spiro atoms. The second-order valence-corrected chi connectivity index (χ2v) is 9.97. The van der Waals surface area contributed by atoms with Gasteiger partial charge in [0, 0.05) is 25.1 Å². The topological polar surface area (TPSA) is 12.4 Å². The zero-order valence-electron chi connectivity index (χ0n) is 15.2. The fourth-order valence-corrected chi connectivity index (χ4v) is 5.44. The highest BCUT2D eigenvalue weighted by Crippen LogP contribution is 2.40. The van der Waals surface area contributed by atoms with E-state index in [4.69, 9.17) is 4.99 Å². The van der Waals surface area contributed by atoms with Gasteiger partial charge < -0.3 is 0 Å². The SMILES string of the molecule is C[Si](C)=C1CC=C2N=C(c3ccc4ccccc4c3)C(C3=CC=CC3)=C21. The predicted molar refractivity (Wildman–Crippen MR) is 115 cm³/mol. The summed E-state index contributed by atoms with van der Waals surface area (Å²) in [6, 6.07) is 15.3. The number of nitrogens with zero attached hydrogens (tertiary/aromatic N) is 1. The van der Waals surface area contributed by atoms with E-state index in [0.29, 0.717) is 0 Å². The van der Waals surface area contributed by atoms with Gasteiger partial charge in [-0.1, -0.05) is 79.0 Å². The largest absolute Gasteiger partial charge is 0.247 e. The molecule has 0 unspecified atom stereocenters. The van der Waals surface area contributed by atoms with Gasteiger partial charge in [0.2, 0.25) is 0 Å². The molecule has 0 amide bonds. The molecule has 2 aromatic carbocycles. The molecule has 2 aliphatic carbocycles. The molecule has 26 heavy (non-hydrogen) atoms. The Labute approximate surface area is 156 Å². The molecule has 126 valence electrons. The molecule has 0 saturated heterocycles. The van der Waals surface area contributed by atoms with Gasteiger partial charge in [-0.2, -0.15) is 0 Å². The van der Waals surface area contributed by atoms with E-state index in [1.807, 2.05) is 0 Å². The Kier molecular flexibility index (Phi) is 3.61. The highest BCUT2D eigenvalue weighted by atomic mass is 28.2. The minimum Gasteiger partial charge on any atom is -0.247 e. The van der Waals surface area contributed by atoms with Crippen molar-refractivity contribution >= 4 is 30.1 Å². The first-order valence-electron chi connectivity index (χ1n) is 9.28. The molecule has 3 aliphatic rings. The average Bonchev–Trinajstić information content (AvgIpc) is 3.37. The fraction of sp³-hybridized carbons (Fsp3) is 0.167. The summed E-state index contributed by atoms with van der Waals surface area (Å²) in [5, 5.41) is 4.19. The summed E-state index contributed by atoms with van der Waals surface area (Å²) in [6.45, 7) is 4.80. The number of allylic oxidation sites excluding steroid dienone is 7. The Bertz CT molecular complexity index is 1130. The van der Waals surface area contributed by atoms with Gasteiger partial charge in [-0.15, -0.1) is 0 Å². The van der Waals surface area contributed by atoms with Gasteiger partial charge in [0.25, 0.3) is 0 Å². The summed E-state index contributed by atoms with van der Waals surface area (Å²) < 4.78 is 0. The maximum atomic E-state index is 5.12. The van der Waals surface area contributed by atoms with Crippen LogP contribution in [0.25, 0.3) is 10.8 Å². The van der Waals surface area contributed by atoms with Crippen LogP contribution >= 0.6 is 0 Å². The van der Waals surface area contributed by atoms with Crippen molar-refractivity contribution in [2.45, 2.75) is 25.9 Å². The maximum absolute atomic E-state index is 5.12. The van der Waals surface area contributed by atoms with E-state index in [1.165, 1.54) is 38.8 Å². The molecule has 0 bridgehead atoms. The average molecular weight is 352 g/mol. The quantitative estimate of drug-likeness (QED) is 0.623. The van der Waals surface area contributed by atoms with Gasteiger partial charge in [-0.05, 0) is 35.3 Å². The zero-order chi connectivity index (χ0) is 17.7. The summed E-state index contributed by atoms with van der Waals surface area (Å²) >= 11 is 0. The van der Waals surface area contributed by atoms with Crippen molar-refractivity contribution in [1.82, 2.24) is 0 Å². The number of fused-ring (bicyclic) bond motifs is 2. The molecule has 0 aromatic heterocycles. The van der Waals surface area contributed by atoms with E-state index >= 15 is 0 Å². The summed E-state index contributed by atoms with van der Waals surface area (Å²) in [6.07, 6.45) is 11.1. The molecule has 0 fully saturated rings. The molecule has 1 nitrogen and oxygen atoms in total. The third kappa shape index (κ3) is 2.37. The molecular weight excluding hydrogens is 330 g/mol. The first-order chi connectivity index (χ1) is 12.7. The number of aliphatic imine (C=N–C) groups is 1. The third-order valence-corrected chi connectivity index (χ3v) is 7.16. The van der Waals surface area contributed by atoms with Crippen molar-refractivity contribution in [3.8, 4) is 0 Å². The van der Waals surface area contributed by atoms with Crippen LogP contribution in [0.3, 0.4) is 0 Å². The van der Waals surface area contributed by atoms with E-state index in [9.17, 15) is 0 Å². The van der Waals surface area contributed by atoms with Crippen LogP contribution in [-0.4, -0.2) is 19.3 Å². The number of hydrogen-bond donors (Lipinski definition) is 0. The molecule has 0 radical (unpaired) electrons. The monoisotopic (exact) mass is 351 g/mol. The standard InChI is InChI=1S/C24H21NSi/c1-26(2)21-14-13-20-23(21)22(17-8-4-5-9-17)24(25-20)19-12-11-16-7-3-6-10-18(16)15-19/h3-8,10-13,15H,9,14H2,1-2H3. The lowest BCUT2D eigenvalue weighted by molar-refractivity contribution is 1.30. The van der Waals surface area contributed by atoms with Gasteiger partial charge in [0.15, 0.2) is 0 Å². The normalized spacial score (nSPS) is 18.4. The van der Waals surface area contributed by atoms with Crippen LogP contribution in [0, 0.1) is 0 Å². The Morgan fingerprint density at radius 1 is 0.923 bits per heavy atom. The van der Waals surface area contributed by atoms with Gasteiger partial charge >= 0.3 is 0 Å². The van der Waals surface area contributed by atoms with E-state index < -0.39 is 8.41 Å². The lowest BCUT2D eigenvalue weighted by atomic mass is 9.91. The first-order valence-corrected chi connectivity index (χ1v) is 11.8. The second-order valence-electron chi connectivity index (χ2n) is 7.37. The first kappa shape index (κ1) is 15.7. The smallest absolute Gasteiger partial charge is 0.0791 e. The lowest BCUT2D eigenvalue weighted by Crippen LogP contribution is -2.13. The molecular formula is C24H21NSi. The molecule has 2 heteroatoms. The van der Waals surface area contributed by atoms with Gasteiger partial charge in [-0.3, -0.25) is 0 Å². The molecule has 0 atom stereocenters. The van der Waals surface area contributed by atoms with Gasteiger partial charge in [0.1, 0.15) is 0 Å². The van der Waals surface area contributed by atoms with Crippen molar-refractivity contribution in [3.05, 3.63) is 94.7 Å². The van der Waals surface area contributed by atoms with Crippen molar-refractivity contribution < 1.29 is 0 Å².